The highest BCUT2D eigenvalue weighted by Gasteiger charge is 2.30. The van der Waals surface area contributed by atoms with Crippen LogP contribution in [0.3, 0.4) is 0 Å². The van der Waals surface area contributed by atoms with E-state index in [9.17, 15) is 8.42 Å². The van der Waals surface area contributed by atoms with Crippen LogP contribution in [0.25, 0.3) is 0 Å². The molecule has 3 heterocycles. The van der Waals surface area contributed by atoms with Gasteiger partial charge in [0.05, 0.1) is 0 Å². The maximum atomic E-state index is 12.4. The van der Waals surface area contributed by atoms with E-state index in [1.165, 1.54) is 15.6 Å². The van der Waals surface area contributed by atoms with Crippen LogP contribution in [0, 0.1) is 0 Å². The molecule has 0 radical (unpaired) electrons. The van der Waals surface area contributed by atoms with Crippen molar-refractivity contribution in [2.24, 2.45) is 0 Å². The topological polar surface area (TPSA) is 72.4 Å². The van der Waals surface area contributed by atoms with Crippen molar-refractivity contribution in [1.82, 2.24) is 14.3 Å². The van der Waals surface area contributed by atoms with Gasteiger partial charge in [-0.05, 0) is 30.4 Å². The molecule has 21 heavy (non-hydrogen) atoms. The molecule has 0 aromatic carbocycles. The zero-order valence-corrected chi connectivity index (χ0v) is 12.9. The van der Waals surface area contributed by atoms with Gasteiger partial charge in [-0.25, -0.2) is 18.4 Å². The first-order valence-corrected chi connectivity index (χ1v) is 8.95. The lowest BCUT2D eigenvalue weighted by molar-refractivity contribution is 0.124. The third-order valence-corrected chi connectivity index (χ3v) is 6.58. The molecule has 0 unspecified atom stereocenters. The number of aromatic nitrogens is 2. The van der Waals surface area contributed by atoms with Gasteiger partial charge in [0.25, 0.3) is 10.0 Å². The number of thiophene rings is 1. The molecule has 6 nitrogen and oxygen atoms in total. The van der Waals surface area contributed by atoms with E-state index in [1.807, 2.05) is 0 Å². The molecule has 8 heteroatoms. The summed E-state index contributed by atoms with van der Waals surface area (Å²) in [6.45, 7) is 0.912. The Hall–Kier alpha value is -1.51. The number of hydrogen-bond donors (Lipinski definition) is 0. The summed E-state index contributed by atoms with van der Waals surface area (Å²) >= 11 is 1.25. The quantitative estimate of drug-likeness (QED) is 0.856. The predicted octanol–water partition coefficient (Wildman–Crippen LogP) is 1.77. The molecule has 0 bridgehead atoms. The van der Waals surface area contributed by atoms with Crippen LogP contribution in [-0.4, -0.2) is 41.9 Å². The Morgan fingerprint density at radius 1 is 1.19 bits per heavy atom. The fourth-order valence-electron chi connectivity index (χ4n) is 2.22. The summed E-state index contributed by atoms with van der Waals surface area (Å²) in [5.41, 5.74) is 0. The van der Waals surface area contributed by atoms with Crippen LogP contribution in [0.15, 0.2) is 40.2 Å². The Bertz CT molecular complexity index is 666. The van der Waals surface area contributed by atoms with E-state index < -0.39 is 10.0 Å². The zero-order chi connectivity index (χ0) is 14.7. The largest absolute Gasteiger partial charge is 0.460 e. The van der Waals surface area contributed by atoms with Gasteiger partial charge in [0.15, 0.2) is 0 Å². The molecular formula is C13H15N3O3S2. The number of hydrogen-bond acceptors (Lipinski definition) is 6. The second-order valence-corrected chi connectivity index (χ2v) is 7.80. The molecule has 2 aromatic heterocycles. The lowest BCUT2D eigenvalue weighted by Gasteiger charge is -2.30. The predicted molar refractivity (Wildman–Crippen MR) is 78.8 cm³/mol. The lowest BCUT2D eigenvalue weighted by atomic mass is 10.1. The Morgan fingerprint density at radius 2 is 1.90 bits per heavy atom. The van der Waals surface area contributed by atoms with Crippen LogP contribution in [-0.2, 0) is 10.0 Å². The molecule has 0 spiro atoms. The molecule has 0 saturated carbocycles. The second kappa shape index (κ2) is 6.08. The van der Waals surface area contributed by atoms with Crippen LogP contribution in [0.4, 0.5) is 0 Å². The van der Waals surface area contributed by atoms with E-state index >= 15 is 0 Å². The van der Waals surface area contributed by atoms with Crippen LogP contribution in [0.5, 0.6) is 6.01 Å². The van der Waals surface area contributed by atoms with Crippen molar-refractivity contribution in [1.29, 1.82) is 0 Å². The van der Waals surface area contributed by atoms with Crippen molar-refractivity contribution in [3.8, 4) is 6.01 Å². The average Bonchev–Trinajstić information content (AvgIpc) is 3.04. The van der Waals surface area contributed by atoms with E-state index in [2.05, 4.69) is 9.97 Å². The zero-order valence-electron chi connectivity index (χ0n) is 11.3. The molecule has 1 aliphatic heterocycles. The fourth-order valence-corrected chi connectivity index (χ4v) is 4.84. The first-order chi connectivity index (χ1) is 10.2. The molecule has 0 aliphatic carbocycles. The molecular weight excluding hydrogens is 310 g/mol. The Balaban J connectivity index is 1.61. The van der Waals surface area contributed by atoms with Crippen LogP contribution in [0.1, 0.15) is 12.8 Å². The second-order valence-electron chi connectivity index (χ2n) is 4.68. The maximum Gasteiger partial charge on any atom is 0.316 e. The smallest absolute Gasteiger partial charge is 0.316 e. The summed E-state index contributed by atoms with van der Waals surface area (Å²) in [5.74, 6) is 0. The standard InChI is InChI=1S/C13H15N3O3S2/c17-21(18,12-3-1-10-20-12)16-8-4-11(5-9-16)19-13-14-6-2-7-15-13/h1-3,6-7,10-11H,4-5,8-9H2. The maximum absolute atomic E-state index is 12.4. The van der Waals surface area contributed by atoms with Gasteiger partial charge in [-0.15, -0.1) is 11.3 Å². The fraction of sp³-hybridized carbons (Fsp3) is 0.385. The van der Waals surface area contributed by atoms with Crippen molar-refractivity contribution < 1.29 is 13.2 Å². The molecule has 1 aliphatic rings. The number of sulfonamides is 1. The number of nitrogens with zero attached hydrogens (tertiary/aromatic N) is 3. The van der Waals surface area contributed by atoms with Gasteiger partial charge in [-0.3, -0.25) is 0 Å². The van der Waals surface area contributed by atoms with E-state index in [1.54, 1.807) is 36.0 Å². The SMILES string of the molecule is O=S(=O)(c1cccs1)N1CCC(Oc2ncccn2)CC1. The highest BCUT2D eigenvalue weighted by atomic mass is 32.2. The highest BCUT2D eigenvalue weighted by Crippen LogP contribution is 2.25. The minimum atomic E-state index is -3.35. The number of piperidine rings is 1. The van der Waals surface area contributed by atoms with Crippen molar-refractivity contribution in [2.45, 2.75) is 23.2 Å². The van der Waals surface area contributed by atoms with Crippen molar-refractivity contribution in [3.63, 3.8) is 0 Å². The normalized spacial score (nSPS) is 17.7. The average molecular weight is 325 g/mol. The first-order valence-electron chi connectivity index (χ1n) is 6.63. The van der Waals surface area contributed by atoms with Crippen LogP contribution < -0.4 is 4.74 Å². The Morgan fingerprint density at radius 3 is 2.52 bits per heavy atom. The molecule has 2 aromatic rings. The van der Waals surface area contributed by atoms with E-state index in [4.69, 9.17) is 4.74 Å². The summed E-state index contributed by atoms with van der Waals surface area (Å²) < 4.78 is 32.3. The van der Waals surface area contributed by atoms with Crippen LogP contribution in [0.2, 0.25) is 0 Å². The van der Waals surface area contributed by atoms with Crippen LogP contribution >= 0.6 is 11.3 Å². The highest BCUT2D eigenvalue weighted by molar-refractivity contribution is 7.91. The Labute approximate surface area is 127 Å². The molecule has 112 valence electrons. The van der Waals surface area contributed by atoms with Crippen molar-refractivity contribution in [3.05, 3.63) is 36.0 Å². The van der Waals surface area contributed by atoms with Gasteiger partial charge < -0.3 is 4.74 Å². The summed E-state index contributed by atoms with van der Waals surface area (Å²) in [5, 5.41) is 1.77. The van der Waals surface area contributed by atoms with Gasteiger partial charge in [0.1, 0.15) is 10.3 Å². The van der Waals surface area contributed by atoms with E-state index in [0.717, 1.165) is 0 Å². The van der Waals surface area contributed by atoms with E-state index in [0.29, 0.717) is 36.2 Å². The van der Waals surface area contributed by atoms with Gasteiger partial charge in [-0.1, -0.05) is 6.07 Å². The third-order valence-electron chi connectivity index (χ3n) is 3.30. The summed E-state index contributed by atoms with van der Waals surface area (Å²) in [7, 11) is -3.35. The lowest BCUT2D eigenvalue weighted by Crippen LogP contribution is -2.41. The number of rotatable bonds is 4. The molecule has 0 amide bonds. The molecule has 1 saturated heterocycles. The third kappa shape index (κ3) is 3.22. The van der Waals surface area contributed by atoms with Crippen molar-refractivity contribution in [2.75, 3.05) is 13.1 Å². The molecule has 0 N–H and O–H groups in total. The molecule has 1 fully saturated rings. The van der Waals surface area contributed by atoms with Gasteiger partial charge in [0.2, 0.25) is 0 Å². The molecule has 0 atom stereocenters. The summed E-state index contributed by atoms with van der Waals surface area (Å²) in [6, 6.07) is 5.46. The minimum absolute atomic E-state index is 0.0396. The van der Waals surface area contributed by atoms with Gasteiger partial charge in [-0.2, -0.15) is 4.31 Å². The van der Waals surface area contributed by atoms with Gasteiger partial charge >= 0.3 is 6.01 Å². The minimum Gasteiger partial charge on any atom is -0.460 e. The summed E-state index contributed by atoms with van der Waals surface area (Å²) in [6.07, 6.45) is 4.49. The van der Waals surface area contributed by atoms with Gasteiger partial charge in [0, 0.05) is 25.5 Å². The molecule has 3 rings (SSSR count). The number of ether oxygens (including phenoxy) is 1. The Kier molecular flexibility index (Phi) is 4.18. The van der Waals surface area contributed by atoms with E-state index in [-0.39, 0.29) is 6.10 Å². The summed E-state index contributed by atoms with van der Waals surface area (Å²) in [4.78, 5) is 8.04. The monoisotopic (exact) mass is 325 g/mol. The first kappa shape index (κ1) is 14.4. The van der Waals surface area contributed by atoms with Crippen molar-refractivity contribution >= 4 is 21.4 Å².